The highest BCUT2D eigenvalue weighted by atomic mass is 32.2. The molecule has 0 spiro atoms. The van der Waals surface area contributed by atoms with Crippen LogP contribution in [0.15, 0.2) is 59.5 Å². The molecule has 0 bridgehead atoms. The van der Waals surface area contributed by atoms with E-state index in [0.29, 0.717) is 11.3 Å². The maximum Gasteiger partial charge on any atom is 0.253 e. The number of hydrogen-bond acceptors (Lipinski definition) is 4. The standard InChI is InChI=1S/C18H21N3O4S/c1-21(2)18(23)14-8-10-15(11-9-14)20-17(22)12-13-19-26(24,25)16-6-4-3-5-7-16/h3-11,19H,12-13H2,1-2H3,(H,20,22). The van der Waals surface area contributed by atoms with E-state index in [-0.39, 0.29) is 29.7 Å². The lowest BCUT2D eigenvalue weighted by Gasteiger charge is -2.11. The van der Waals surface area contributed by atoms with Crippen LogP contribution in [0.4, 0.5) is 5.69 Å². The second-order valence-corrected chi connectivity index (χ2v) is 7.55. The highest BCUT2D eigenvalue weighted by molar-refractivity contribution is 7.89. The van der Waals surface area contributed by atoms with Crippen LogP contribution in [-0.2, 0) is 14.8 Å². The van der Waals surface area contributed by atoms with E-state index in [4.69, 9.17) is 0 Å². The van der Waals surface area contributed by atoms with Gasteiger partial charge in [-0.3, -0.25) is 9.59 Å². The lowest BCUT2D eigenvalue weighted by Crippen LogP contribution is -2.27. The van der Waals surface area contributed by atoms with E-state index in [2.05, 4.69) is 10.0 Å². The molecule has 2 rings (SSSR count). The third-order valence-corrected chi connectivity index (χ3v) is 5.00. The van der Waals surface area contributed by atoms with Crippen LogP contribution >= 0.6 is 0 Å². The number of sulfonamides is 1. The van der Waals surface area contributed by atoms with Crippen molar-refractivity contribution in [2.24, 2.45) is 0 Å². The van der Waals surface area contributed by atoms with Gasteiger partial charge in [0.1, 0.15) is 0 Å². The molecule has 0 aliphatic rings. The number of hydrogen-bond donors (Lipinski definition) is 2. The minimum atomic E-state index is -3.62. The topological polar surface area (TPSA) is 95.6 Å². The normalized spacial score (nSPS) is 11.0. The van der Waals surface area contributed by atoms with E-state index < -0.39 is 10.0 Å². The van der Waals surface area contributed by atoms with Gasteiger partial charge in [0, 0.05) is 38.3 Å². The van der Waals surface area contributed by atoms with Gasteiger partial charge < -0.3 is 10.2 Å². The molecule has 0 aromatic heterocycles. The van der Waals surface area contributed by atoms with E-state index >= 15 is 0 Å². The van der Waals surface area contributed by atoms with Crippen molar-refractivity contribution in [2.75, 3.05) is 26.0 Å². The number of nitrogens with one attached hydrogen (secondary N) is 2. The molecule has 0 aliphatic heterocycles. The Kier molecular flexibility index (Phi) is 6.48. The quantitative estimate of drug-likeness (QED) is 0.770. The summed E-state index contributed by atoms with van der Waals surface area (Å²) in [6.45, 7) is -0.0136. The first-order valence-electron chi connectivity index (χ1n) is 7.96. The van der Waals surface area contributed by atoms with Crippen LogP contribution in [0.5, 0.6) is 0 Å². The van der Waals surface area contributed by atoms with Gasteiger partial charge in [0.2, 0.25) is 15.9 Å². The first-order chi connectivity index (χ1) is 12.3. The highest BCUT2D eigenvalue weighted by Gasteiger charge is 2.13. The molecule has 0 saturated heterocycles. The van der Waals surface area contributed by atoms with Gasteiger partial charge in [-0.1, -0.05) is 18.2 Å². The van der Waals surface area contributed by atoms with Crippen LogP contribution in [0.1, 0.15) is 16.8 Å². The van der Waals surface area contributed by atoms with E-state index in [0.717, 1.165) is 0 Å². The summed E-state index contributed by atoms with van der Waals surface area (Å²) in [4.78, 5) is 25.4. The number of nitrogens with zero attached hydrogens (tertiary/aromatic N) is 1. The molecular formula is C18H21N3O4S. The first kappa shape index (κ1) is 19.6. The third-order valence-electron chi connectivity index (χ3n) is 3.52. The maximum atomic E-state index is 12.0. The molecule has 138 valence electrons. The molecule has 2 aromatic rings. The molecule has 0 aliphatic carbocycles. The average molecular weight is 375 g/mol. The molecule has 2 amide bonds. The fourth-order valence-corrected chi connectivity index (χ4v) is 3.21. The molecule has 0 radical (unpaired) electrons. The average Bonchev–Trinajstić information content (AvgIpc) is 2.62. The van der Waals surface area contributed by atoms with Gasteiger partial charge in [-0.2, -0.15) is 0 Å². The van der Waals surface area contributed by atoms with Crippen molar-refractivity contribution in [3.05, 3.63) is 60.2 Å². The molecule has 7 nitrogen and oxygen atoms in total. The summed E-state index contributed by atoms with van der Waals surface area (Å²) in [6.07, 6.45) is -0.00948. The van der Waals surface area contributed by atoms with Gasteiger partial charge in [-0.15, -0.1) is 0 Å². The first-order valence-corrected chi connectivity index (χ1v) is 9.44. The van der Waals surface area contributed by atoms with Crippen molar-refractivity contribution < 1.29 is 18.0 Å². The summed E-state index contributed by atoms with van der Waals surface area (Å²) < 4.78 is 26.5. The monoisotopic (exact) mass is 375 g/mol. The fraction of sp³-hybridized carbons (Fsp3) is 0.222. The van der Waals surface area contributed by atoms with Gasteiger partial charge in [-0.25, -0.2) is 13.1 Å². The van der Waals surface area contributed by atoms with Crippen LogP contribution in [0, 0.1) is 0 Å². The van der Waals surface area contributed by atoms with Crippen LogP contribution < -0.4 is 10.0 Å². The summed E-state index contributed by atoms with van der Waals surface area (Å²) >= 11 is 0. The molecule has 2 N–H and O–H groups in total. The maximum absolute atomic E-state index is 12.0. The molecule has 26 heavy (non-hydrogen) atoms. The van der Waals surface area contributed by atoms with E-state index in [1.807, 2.05) is 0 Å². The third kappa shape index (κ3) is 5.40. The van der Waals surface area contributed by atoms with Crippen molar-refractivity contribution in [1.29, 1.82) is 0 Å². The van der Waals surface area contributed by atoms with Crippen LogP contribution in [0.3, 0.4) is 0 Å². The number of rotatable bonds is 7. The van der Waals surface area contributed by atoms with Crippen molar-refractivity contribution >= 4 is 27.5 Å². The second kappa shape index (κ2) is 8.59. The Morgan fingerprint density at radius 2 is 1.58 bits per heavy atom. The summed E-state index contributed by atoms with van der Waals surface area (Å²) in [6, 6.07) is 14.5. The van der Waals surface area contributed by atoms with E-state index in [1.54, 1.807) is 56.6 Å². The lowest BCUT2D eigenvalue weighted by molar-refractivity contribution is -0.116. The predicted octanol–water partition coefficient (Wildman–Crippen LogP) is 1.70. The number of benzene rings is 2. The summed E-state index contributed by atoms with van der Waals surface area (Å²) in [5.74, 6) is -0.453. The molecular weight excluding hydrogens is 354 g/mol. The van der Waals surface area contributed by atoms with Crippen molar-refractivity contribution in [1.82, 2.24) is 9.62 Å². The Morgan fingerprint density at radius 3 is 2.15 bits per heavy atom. The predicted molar refractivity (Wildman–Crippen MR) is 99.3 cm³/mol. The SMILES string of the molecule is CN(C)C(=O)c1ccc(NC(=O)CCNS(=O)(=O)c2ccccc2)cc1. The summed E-state index contributed by atoms with van der Waals surface area (Å²) in [5, 5.41) is 2.66. The zero-order valence-electron chi connectivity index (χ0n) is 14.6. The smallest absolute Gasteiger partial charge is 0.253 e. The molecule has 0 atom stereocenters. The van der Waals surface area contributed by atoms with Crippen LogP contribution in [-0.4, -0.2) is 45.8 Å². The highest BCUT2D eigenvalue weighted by Crippen LogP contribution is 2.11. The lowest BCUT2D eigenvalue weighted by atomic mass is 10.2. The second-order valence-electron chi connectivity index (χ2n) is 5.79. The molecule has 0 saturated carbocycles. The van der Waals surface area contributed by atoms with Crippen molar-refractivity contribution in [3.8, 4) is 0 Å². The Morgan fingerprint density at radius 1 is 0.962 bits per heavy atom. The summed E-state index contributed by atoms with van der Waals surface area (Å²) in [5.41, 5.74) is 1.06. The van der Waals surface area contributed by atoms with Gasteiger partial charge in [0.05, 0.1) is 4.90 Å². The zero-order chi connectivity index (χ0) is 19.2. The summed E-state index contributed by atoms with van der Waals surface area (Å²) in [7, 11) is -0.302. The molecule has 2 aromatic carbocycles. The van der Waals surface area contributed by atoms with Gasteiger partial charge >= 0.3 is 0 Å². The van der Waals surface area contributed by atoms with Crippen LogP contribution in [0.25, 0.3) is 0 Å². The molecule has 0 unspecified atom stereocenters. The van der Waals surface area contributed by atoms with Gasteiger partial charge in [0.25, 0.3) is 5.91 Å². The minimum Gasteiger partial charge on any atom is -0.345 e. The minimum absolute atomic E-state index is 0.00948. The Bertz CT molecular complexity index is 863. The van der Waals surface area contributed by atoms with Crippen LogP contribution in [0.2, 0.25) is 0 Å². The van der Waals surface area contributed by atoms with E-state index in [1.165, 1.54) is 17.0 Å². The Balaban J connectivity index is 1.85. The number of anilines is 1. The number of carbonyl (C=O) groups is 2. The van der Waals surface area contributed by atoms with Crippen molar-refractivity contribution in [3.63, 3.8) is 0 Å². The largest absolute Gasteiger partial charge is 0.345 e. The zero-order valence-corrected chi connectivity index (χ0v) is 15.4. The van der Waals surface area contributed by atoms with E-state index in [9.17, 15) is 18.0 Å². The van der Waals surface area contributed by atoms with Crippen molar-refractivity contribution in [2.45, 2.75) is 11.3 Å². The Labute approximate surface area is 153 Å². The van der Waals surface area contributed by atoms with Gasteiger partial charge in [-0.05, 0) is 36.4 Å². The number of carbonyl (C=O) groups excluding carboxylic acids is 2. The fourth-order valence-electron chi connectivity index (χ4n) is 2.16. The molecule has 8 heteroatoms. The number of amides is 2. The molecule has 0 heterocycles. The Hall–Kier alpha value is -2.71. The molecule has 0 fully saturated rings. The van der Waals surface area contributed by atoms with Gasteiger partial charge in [0.15, 0.2) is 0 Å².